The van der Waals surface area contributed by atoms with E-state index in [2.05, 4.69) is 29.8 Å². The summed E-state index contributed by atoms with van der Waals surface area (Å²) in [6.07, 6.45) is -4.93. The van der Waals surface area contributed by atoms with Crippen LogP contribution >= 0.6 is 27.8 Å². The van der Waals surface area contributed by atoms with E-state index >= 15 is 0 Å². The number of aliphatic hydroxyl groups is 1. The zero-order valence-corrected chi connectivity index (χ0v) is 35.1. The van der Waals surface area contributed by atoms with E-state index < -0.39 is 102 Å². The van der Waals surface area contributed by atoms with Gasteiger partial charge in [0, 0.05) is 17.9 Å². The van der Waals surface area contributed by atoms with Crippen molar-refractivity contribution in [2.24, 2.45) is 0 Å². The van der Waals surface area contributed by atoms with Crippen LogP contribution in [0.3, 0.4) is 0 Å². The van der Waals surface area contributed by atoms with Crippen molar-refractivity contribution < 1.29 is 71.4 Å². The third-order valence-electron chi connectivity index (χ3n) is 9.43. The Balaban J connectivity index is 1.22. The van der Waals surface area contributed by atoms with Crippen molar-refractivity contribution in [1.29, 1.82) is 0 Å². The highest BCUT2D eigenvalue weighted by atomic mass is 32.2. The van der Waals surface area contributed by atoms with E-state index in [1.54, 1.807) is 32.5 Å². The summed E-state index contributed by atoms with van der Waals surface area (Å²) < 4.78 is 52.5. The molecule has 3 fully saturated rings. The van der Waals surface area contributed by atoms with Crippen molar-refractivity contribution >= 4 is 62.6 Å². The molecule has 3 aliphatic rings. The topological polar surface area (TPSA) is 360 Å². The van der Waals surface area contributed by atoms with Crippen molar-refractivity contribution in [1.82, 2.24) is 34.4 Å². The maximum Gasteiger partial charge on any atom is 0.570 e. The van der Waals surface area contributed by atoms with Gasteiger partial charge in [0.1, 0.15) is 66.6 Å². The van der Waals surface area contributed by atoms with Gasteiger partial charge in [0.15, 0.2) is 23.8 Å². The Morgan fingerprint density at radius 2 is 1.90 bits per heavy atom. The summed E-state index contributed by atoms with van der Waals surface area (Å²) in [5, 5.41) is 14.5. The number of aliphatic hydroxyl groups excluding tert-OH is 1. The summed E-state index contributed by atoms with van der Waals surface area (Å²) in [4.78, 5) is 96.0. The highest BCUT2D eigenvalue weighted by molar-refractivity contribution is 8.00. The van der Waals surface area contributed by atoms with Crippen LogP contribution in [-0.2, 0) is 41.9 Å². The number of nitrogens with one attached hydrogen (secondary N) is 1. The summed E-state index contributed by atoms with van der Waals surface area (Å²) in [6.45, 7) is 3.36. The van der Waals surface area contributed by atoms with E-state index in [4.69, 9.17) is 39.5 Å². The van der Waals surface area contributed by atoms with E-state index in [1.165, 1.54) is 23.2 Å². The first kappa shape index (κ1) is 45.9. The summed E-state index contributed by atoms with van der Waals surface area (Å²) in [5.41, 5.74) is 10.1. The van der Waals surface area contributed by atoms with Crippen LogP contribution in [-0.4, -0.2) is 132 Å². The number of phosphoric acid groups is 1. The van der Waals surface area contributed by atoms with E-state index in [-0.39, 0.29) is 40.9 Å². The molecule has 3 aromatic heterocycles. The van der Waals surface area contributed by atoms with Crippen LogP contribution in [0.15, 0.2) is 29.7 Å². The van der Waals surface area contributed by atoms with E-state index in [1.807, 2.05) is 0 Å². The average Bonchev–Trinajstić information content (AvgIpc) is 3.95. The van der Waals surface area contributed by atoms with E-state index in [0.717, 1.165) is 29.5 Å². The number of rotatable bonds is 16. The molecule has 0 spiro atoms. The van der Waals surface area contributed by atoms with Crippen LogP contribution in [0.25, 0.3) is 11.2 Å². The molecule has 0 aliphatic carbocycles. The molecule has 60 heavy (non-hydrogen) atoms. The van der Waals surface area contributed by atoms with E-state index in [9.17, 15) is 43.6 Å². The molecule has 6 heterocycles. The van der Waals surface area contributed by atoms with Gasteiger partial charge < -0.3 is 50.6 Å². The lowest BCUT2D eigenvalue weighted by molar-refractivity contribution is -0.159. The van der Waals surface area contributed by atoms with Crippen molar-refractivity contribution in [3.05, 3.63) is 35.4 Å². The maximum atomic E-state index is 13.9. The number of nitrogen functional groups attached to an aromatic ring is 2. The predicted octanol–water partition coefficient (Wildman–Crippen LogP) is 0.448. The lowest BCUT2D eigenvalue weighted by Gasteiger charge is -2.26. The van der Waals surface area contributed by atoms with Gasteiger partial charge in [-0.1, -0.05) is 0 Å². The number of aromatic nitrogens is 6. The number of thioether (sulfide) groups is 1. The number of alkyl carbamates (subject to hydrolysis) is 1. The number of amides is 1. The quantitative estimate of drug-likeness (QED) is 0.0714. The third kappa shape index (κ3) is 11.8. The molecule has 3 aliphatic heterocycles. The van der Waals surface area contributed by atoms with Crippen LogP contribution < -0.4 is 22.5 Å². The summed E-state index contributed by atoms with van der Waals surface area (Å²) in [6, 6.07) is 0.0666. The number of hydrogen-bond acceptors (Lipinski definition) is 21. The molecule has 0 bridgehead atoms. The van der Waals surface area contributed by atoms with Crippen molar-refractivity contribution in [2.75, 3.05) is 30.4 Å². The Morgan fingerprint density at radius 3 is 2.58 bits per heavy atom. The zero-order valence-electron chi connectivity index (χ0n) is 32.5. The average molecular weight is 909 g/mol. The lowest BCUT2D eigenvalue weighted by Crippen LogP contribution is -2.48. The molecule has 6 rings (SSSR count). The molecular formula is C32H48N9O16P2S+. The Morgan fingerprint density at radius 1 is 1.13 bits per heavy atom. The van der Waals surface area contributed by atoms with Crippen molar-refractivity contribution in [2.45, 2.75) is 113 Å². The predicted molar refractivity (Wildman–Crippen MR) is 209 cm³/mol. The number of esters is 1. The molecule has 0 saturated carbocycles. The molecule has 0 radical (unpaired) electrons. The minimum atomic E-state index is -5.05. The van der Waals surface area contributed by atoms with Crippen molar-refractivity contribution in [3.8, 4) is 0 Å². The fourth-order valence-corrected chi connectivity index (χ4v) is 9.37. The third-order valence-corrected chi connectivity index (χ3v) is 12.4. The van der Waals surface area contributed by atoms with Crippen molar-refractivity contribution in [3.63, 3.8) is 0 Å². The largest absolute Gasteiger partial charge is 0.570 e. The molecule has 332 valence electrons. The standard InChI is InChI=1S/C32H47N9O16P2S/c1-32(2,3)56-31(45)38-17(7-6-16-5-4-10-60-16)29(43)55-25-20(54-28(24(25)42)41-15-37-23-26(34)35-14-36-27(23)41)13-52-59(49,50)57-18-11-22(40-9-8-21(33)39-30(40)44)53-19(18)12-51-58(46,47)48/h8-9,14-20,22,24-25,28,42,49-50H,4-7,10-13H2,1-3H3,(H6-,33,34,35,36,38,39,44,45,46,47,48)/p+1/t16-,17+,18+,19-,20-,22-,24-,25-,28-/m1/s1. The molecule has 0 aromatic carbocycles. The second-order valence-corrected chi connectivity index (χ2v) is 19.2. The van der Waals surface area contributed by atoms with Gasteiger partial charge in [-0.05, 0) is 58.3 Å². The van der Waals surface area contributed by atoms with Crippen LogP contribution in [0, 0.1) is 0 Å². The van der Waals surface area contributed by atoms with Crippen LogP contribution in [0.1, 0.15) is 65.3 Å². The van der Waals surface area contributed by atoms with Crippen LogP contribution in [0.5, 0.6) is 0 Å². The Hall–Kier alpha value is -3.62. The summed E-state index contributed by atoms with van der Waals surface area (Å²) in [7, 11) is -10.0. The van der Waals surface area contributed by atoms with Crippen LogP contribution in [0.2, 0.25) is 0 Å². The highest BCUT2D eigenvalue weighted by Gasteiger charge is 2.54. The minimum Gasteiger partial charge on any atom is -0.455 e. The zero-order chi connectivity index (χ0) is 43.6. The van der Waals surface area contributed by atoms with Gasteiger partial charge in [0.2, 0.25) is 0 Å². The maximum absolute atomic E-state index is 13.9. The molecule has 25 nitrogen and oxygen atoms in total. The van der Waals surface area contributed by atoms with Gasteiger partial charge in [0.05, 0.1) is 12.9 Å². The van der Waals surface area contributed by atoms with Gasteiger partial charge in [-0.25, -0.2) is 33.9 Å². The molecule has 1 amide bonds. The second kappa shape index (κ2) is 18.8. The molecular weight excluding hydrogens is 860 g/mol. The monoisotopic (exact) mass is 908 g/mol. The normalized spacial score (nSPS) is 26.7. The fraction of sp³-hybridized carbons (Fsp3) is 0.656. The molecule has 9 atom stereocenters. The lowest BCUT2D eigenvalue weighted by atomic mass is 10.1. The summed E-state index contributed by atoms with van der Waals surface area (Å²) in [5.74, 6) is -0.0515. The number of carbonyl (C=O) groups excluding carboxylic acids is 2. The number of nitrogens with zero attached hydrogens (tertiary/aromatic N) is 6. The van der Waals surface area contributed by atoms with Gasteiger partial charge in [-0.3, -0.25) is 13.7 Å². The first-order chi connectivity index (χ1) is 28.2. The highest BCUT2D eigenvalue weighted by Crippen LogP contribution is 2.56. The van der Waals surface area contributed by atoms with Gasteiger partial charge in [0.25, 0.3) is 0 Å². The number of ether oxygens (including phenoxy) is 4. The molecule has 28 heteroatoms. The van der Waals surface area contributed by atoms with Gasteiger partial charge >= 0.3 is 33.7 Å². The SMILES string of the molecule is CC(C)(C)OC(=O)N[C@@H](CC[C@H]1CCCS1)C(=O)O[C@H]1[C@@H](O)[C@H](n2cnc3c(N)ncnc32)O[C@@H]1CO[P+](O)(O)O[C@H]1C[C@H](n2ccc(N)nc2=O)O[C@@H]1COP(=O)(O)O. The smallest absolute Gasteiger partial charge is 0.455 e. The van der Waals surface area contributed by atoms with Gasteiger partial charge in [-0.15, -0.1) is 4.52 Å². The number of phosphoric ester groups is 1. The number of hydrogen-bond donors (Lipinski definition) is 8. The number of anilines is 2. The van der Waals surface area contributed by atoms with Crippen LogP contribution in [0.4, 0.5) is 16.4 Å². The first-order valence-electron chi connectivity index (χ1n) is 18.6. The minimum absolute atomic E-state index is 0.0260. The Bertz CT molecular complexity index is 2100. The Kier molecular flexibility index (Phi) is 14.4. The first-order valence-corrected chi connectivity index (χ1v) is 22.7. The van der Waals surface area contributed by atoms with E-state index in [0.29, 0.717) is 6.42 Å². The molecule has 10 N–H and O–H groups in total. The molecule has 0 unspecified atom stereocenters. The summed E-state index contributed by atoms with van der Waals surface area (Å²) >= 11 is 1.75. The number of carbonyl (C=O) groups is 2. The fourth-order valence-electron chi connectivity index (χ4n) is 6.75. The molecule has 3 aromatic rings. The number of fused-ring (bicyclic) bond motifs is 1. The molecule has 3 saturated heterocycles. The van der Waals surface area contributed by atoms with Gasteiger partial charge in [-0.2, -0.15) is 31.1 Å². The number of imidazole rings is 1. The second-order valence-electron chi connectivity index (χ2n) is 15.1. The number of nitrogens with two attached hydrogens (primary N) is 2. The Labute approximate surface area is 346 Å².